The van der Waals surface area contributed by atoms with Gasteiger partial charge in [0.15, 0.2) is 5.65 Å². The summed E-state index contributed by atoms with van der Waals surface area (Å²) >= 11 is 0. The number of halogens is 1. The molecule has 84 valence electrons. The smallest absolute Gasteiger partial charge is 0.207 e. The van der Waals surface area contributed by atoms with Crippen LogP contribution < -0.4 is 5.73 Å². The maximum Gasteiger partial charge on any atom is 0.207 e. The maximum atomic E-state index is 13.7. The van der Waals surface area contributed by atoms with Crippen LogP contribution in [0.25, 0.3) is 16.8 Å². The van der Waals surface area contributed by atoms with Gasteiger partial charge < -0.3 is 5.73 Å². The van der Waals surface area contributed by atoms with Crippen molar-refractivity contribution in [3.8, 4) is 11.1 Å². The van der Waals surface area contributed by atoms with Crippen LogP contribution in [0.15, 0.2) is 31.0 Å². The van der Waals surface area contributed by atoms with Crippen LogP contribution in [0.4, 0.5) is 10.3 Å². The standard InChI is InChI=1S/C10H7FN6/c11-8-1-2-13-3-6(8)7-4-14-10(12)17-5-15-16-9(7)17/h1-5H,(H2,12,14). The van der Waals surface area contributed by atoms with E-state index in [1.807, 2.05) is 0 Å². The number of nitrogens with two attached hydrogens (primary N) is 1. The Morgan fingerprint density at radius 1 is 1.24 bits per heavy atom. The highest BCUT2D eigenvalue weighted by Crippen LogP contribution is 2.25. The van der Waals surface area contributed by atoms with Gasteiger partial charge in [-0.15, -0.1) is 10.2 Å². The van der Waals surface area contributed by atoms with Crippen LogP contribution in [0.3, 0.4) is 0 Å². The Hall–Kier alpha value is -2.57. The number of pyridine rings is 1. The zero-order valence-electron chi connectivity index (χ0n) is 8.58. The summed E-state index contributed by atoms with van der Waals surface area (Å²) in [5.74, 6) is -0.144. The number of nitrogen functional groups attached to an aromatic ring is 1. The molecular formula is C10H7FN6. The highest BCUT2D eigenvalue weighted by atomic mass is 19.1. The van der Waals surface area contributed by atoms with E-state index < -0.39 is 5.82 Å². The molecule has 6 nitrogen and oxygen atoms in total. The second-order valence-corrected chi connectivity index (χ2v) is 3.41. The summed E-state index contributed by atoms with van der Waals surface area (Å²) in [5.41, 5.74) is 6.92. The van der Waals surface area contributed by atoms with Crippen LogP contribution in [-0.4, -0.2) is 24.6 Å². The largest absolute Gasteiger partial charge is 0.369 e. The third-order valence-electron chi connectivity index (χ3n) is 2.42. The molecule has 0 amide bonds. The second-order valence-electron chi connectivity index (χ2n) is 3.41. The number of fused-ring (bicyclic) bond motifs is 1. The van der Waals surface area contributed by atoms with Crippen LogP contribution in [-0.2, 0) is 0 Å². The van der Waals surface area contributed by atoms with Gasteiger partial charge in [0.25, 0.3) is 0 Å². The molecule has 3 heterocycles. The molecule has 0 spiro atoms. The minimum atomic E-state index is -0.392. The molecule has 7 heteroatoms. The van der Waals surface area contributed by atoms with Crippen LogP contribution in [0.2, 0.25) is 0 Å². The van der Waals surface area contributed by atoms with Crippen LogP contribution in [0, 0.1) is 5.82 Å². The van der Waals surface area contributed by atoms with E-state index in [1.165, 1.54) is 35.4 Å². The molecule has 0 fully saturated rings. The Labute approximate surface area is 95.0 Å². The molecule has 0 saturated carbocycles. The van der Waals surface area contributed by atoms with E-state index in [1.54, 1.807) is 0 Å². The summed E-state index contributed by atoms with van der Waals surface area (Å²) in [6.07, 6.45) is 5.68. The molecule has 0 unspecified atom stereocenters. The minimum absolute atomic E-state index is 0.248. The number of aromatic nitrogens is 5. The van der Waals surface area contributed by atoms with Crippen molar-refractivity contribution in [2.24, 2.45) is 0 Å². The Morgan fingerprint density at radius 3 is 2.94 bits per heavy atom. The van der Waals surface area contributed by atoms with Crippen molar-refractivity contribution in [1.29, 1.82) is 0 Å². The lowest BCUT2D eigenvalue weighted by Gasteiger charge is -2.04. The number of hydrogen-bond acceptors (Lipinski definition) is 5. The van der Waals surface area contributed by atoms with Gasteiger partial charge in [-0.2, -0.15) is 0 Å². The first-order valence-electron chi connectivity index (χ1n) is 4.81. The molecule has 3 rings (SSSR count). The lowest BCUT2D eigenvalue weighted by atomic mass is 10.1. The molecule has 0 bridgehead atoms. The van der Waals surface area contributed by atoms with Gasteiger partial charge in [-0.3, -0.25) is 9.38 Å². The molecule has 17 heavy (non-hydrogen) atoms. The van der Waals surface area contributed by atoms with E-state index >= 15 is 0 Å². The van der Waals surface area contributed by atoms with Gasteiger partial charge in [0.2, 0.25) is 5.95 Å². The van der Waals surface area contributed by atoms with E-state index in [0.717, 1.165) is 0 Å². The first kappa shape index (κ1) is 9.64. The first-order chi connectivity index (χ1) is 8.27. The predicted molar refractivity (Wildman–Crippen MR) is 58.4 cm³/mol. The number of nitrogens with zero attached hydrogens (tertiary/aromatic N) is 5. The Bertz CT molecular complexity index is 692. The highest BCUT2D eigenvalue weighted by molar-refractivity contribution is 5.77. The number of rotatable bonds is 1. The highest BCUT2D eigenvalue weighted by Gasteiger charge is 2.12. The fourth-order valence-corrected chi connectivity index (χ4v) is 1.60. The quantitative estimate of drug-likeness (QED) is 0.671. The molecule has 0 aliphatic rings. The van der Waals surface area contributed by atoms with Crippen molar-refractivity contribution in [3.05, 3.63) is 36.8 Å². The van der Waals surface area contributed by atoms with E-state index in [9.17, 15) is 4.39 Å². The first-order valence-corrected chi connectivity index (χ1v) is 4.81. The lowest BCUT2D eigenvalue weighted by molar-refractivity contribution is 0.629. The van der Waals surface area contributed by atoms with Crippen LogP contribution in [0.1, 0.15) is 0 Å². The minimum Gasteiger partial charge on any atom is -0.369 e. The van der Waals surface area contributed by atoms with E-state index in [-0.39, 0.29) is 5.95 Å². The normalized spacial score (nSPS) is 10.9. The fourth-order valence-electron chi connectivity index (χ4n) is 1.60. The molecule has 0 aliphatic carbocycles. The summed E-state index contributed by atoms with van der Waals surface area (Å²) in [6.45, 7) is 0. The topological polar surface area (TPSA) is 82.0 Å². The Morgan fingerprint density at radius 2 is 2.12 bits per heavy atom. The van der Waals surface area contributed by atoms with Gasteiger partial charge >= 0.3 is 0 Å². The number of anilines is 1. The Balaban J connectivity index is 2.35. The molecule has 0 radical (unpaired) electrons. The summed E-state index contributed by atoms with van der Waals surface area (Å²) in [4.78, 5) is 7.84. The van der Waals surface area contributed by atoms with Gasteiger partial charge in [0.1, 0.15) is 12.1 Å². The SMILES string of the molecule is Nc1ncc(-c2cnccc2F)c2nncn12. The van der Waals surface area contributed by atoms with Crippen LogP contribution >= 0.6 is 0 Å². The summed E-state index contributed by atoms with van der Waals surface area (Å²) < 4.78 is 15.1. The summed E-state index contributed by atoms with van der Waals surface area (Å²) in [5, 5.41) is 7.62. The van der Waals surface area contributed by atoms with Crippen molar-refractivity contribution >= 4 is 11.6 Å². The average Bonchev–Trinajstić information content (AvgIpc) is 2.81. The molecule has 3 aromatic rings. The zero-order chi connectivity index (χ0) is 11.8. The van der Waals surface area contributed by atoms with Crippen LogP contribution in [0.5, 0.6) is 0 Å². The van der Waals surface area contributed by atoms with E-state index in [0.29, 0.717) is 16.8 Å². The van der Waals surface area contributed by atoms with Gasteiger partial charge in [0, 0.05) is 29.7 Å². The lowest BCUT2D eigenvalue weighted by Crippen LogP contribution is -2.01. The van der Waals surface area contributed by atoms with Gasteiger partial charge in [0.05, 0.1) is 0 Å². The maximum absolute atomic E-state index is 13.7. The van der Waals surface area contributed by atoms with Gasteiger partial charge in [-0.05, 0) is 6.07 Å². The van der Waals surface area contributed by atoms with Crippen molar-refractivity contribution in [2.75, 3.05) is 5.73 Å². The monoisotopic (exact) mass is 230 g/mol. The fraction of sp³-hybridized carbons (Fsp3) is 0. The third-order valence-corrected chi connectivity index (χ3v) is 2.42. The molecule has 3 aromatic heterocycles. The number of hydrogen-bond donors (Lipinski definition) is 1. The van der Waals surface area contributed by atoms with E-state index in [4.69, 9.17) is 5.73 Å². The van der Waals surface area contributed by atoms with Crippen molar-refractivity contribution in [3.63, 3.8) is 0 Å². The molecular weight excluding hydrogens is 223 g/mol. The van der Waals surface area contributed by atoms with Crippen molar-refractivity contribution in [1.82, 2.24) is 24.6 Å². The second kappa shape index (κ2) is 3.48. The average molecular weight is 230 g/mol. The van der Waals surface area contributed by atoms with E-state index in [2.05, 4.69) is 20.2 Å². The Kier molecular flexibility index (Phi) is 1.97. The summed E-state index contributed by atoms with van der Waals surface area (Å²) in [7, 11) is 0. The third kappa shape index (κ3) is 1.40. The van der Waals surface area contributed by atoms with Gasteiger partial charge in [-0.1, -0.05) is 0 Å². The molecule has 2 N–H and O–H groups in total. The predicted octanol–water partition coefficient (Wildman–Crippen LogP) is 0.908. The summed E-state index contributed by atoms with van der Waals surface area (Å²) in [6, 6.07) is 1.28. The molecule has 0 aliphatic heterocycles. The van der Waals surface area contributed by atoms with Crippen molar-refractivity contribution in [2.45, 2.75) is 0 Å². The van der Waals surface area contributed by atoms with Crippen molar-refractivity contribution < 1.29 is 4.39 Å². The zero-order valence-corrected chi connectivity index (χ0v) is 8.58. The molecule has 0 saturated heterocycles. The van der Waals surface area contributed by atoms with Gasteiger partial charge in [-0.25, -0.2) is 9.37 Å². The molecule has 0 aromatic carbocycles. The molecule has 0 atom stereocenters.